The Kier molecular flexibility index (Phi) is 4.91. The molecule has 2 rings (SSSR count). The van der Waals surface area contributed by atoms with E-state index < -0.39 is 0 Å². The molecule has 1 aliphatic rings. The van der Waals surface area contributed by atoms with E-state index in [9.17, 15) is 0 Å². The molecule has 0 aliphatic heterocycles. The summed E-state index contributed by atoms with van der Waals surface area (Å²) < 4.78 is 6.50. The molecule has 3 heteroatoms. The highest BCUT2D eigenvalue weighted by atomic mass is 79.9. The first-order valence-electron chi connectivity index (χ1n) is 7.15. The molecule has 0 saturated heterocycles. The molecule has 2 nitrogen and oxygen atoms in total. The van der Waals surface area contributed by atoms with E-state index >= 15 is 0 Å². The quantitative estimate of drug-likeness (QED) is 0.882. The van der Waals surface area contributed by atoms with Gasteiger partial charge in [-0.3, -0.25) is 0 Å². The van der Waals surface area contributed by atoms with Crippen molar-refractivity contribution < 1.29 is 4.74 Å². The van der Waals surface area contributed by atoms with Gasteiger partial charge in [0.05, 0.1) is 7.11 Å². The van der Waals surface area contributed by atoms with Crippen LogP contribution >= 0.6 is 15.9 Å². The topological polar surface area (TPSA) is 35.2 Å². The van der Waals surface area contributed by atoms with Gasteiger partial charge in [0.25, 0.3) is 0 Å². The summed E-state index contributed by atoms with van der Waals surface area (Å²) in [5.74, 6) is 1.78. The third-order valence-electron chi connectivity index (χ3n) is 4.63. The maximum atomic E-state index is 6.11. The van der Waals surface area contributed by atoms with Crippen molar-refractivity contribution in [2.24, 2.45) is 17.1 Å². The van der Waals surface area contributed by atoms with Crippen molar-refractivity contribution in [2.45, 2.75) is 39.0 Å². The fourth-order valence-electron chi connectivity index (χ4n) is 3.31. The largest absolute Gasteiger partial charge is 0.497 e. The van der Waals surface area contributed by atoms with Crippen LogP contribution < -0.4 is 10.5 Å². The van der Waals surface area contributed by atoms with E-state index in [-0.39, 0.29) is 5.41 Å². The molecule has 19 heavy (non-hydrogen) atoms. The minimum Gasteiger partial charge on any atom is -0.497 e. The first-order chi connectivity index (χ1) is 9.12. The smallest absolute Gasteiger partial charge is 0.119 e. The molecule has 0 radical (unpaired) electrons. The van der Waals surface area contributed by atoms with Gasteiger partial charge in [0, 0.05) is 4.47 Å². The van der Waals surface area contributed by atoms with Crippen molar-refractivity contribution in [3.63, 3.8) is 0 Å². The number of hydrogen-bond donors (Lipinski definition) is 1. The Morgan fingerprint density at radius 2 is 2.26 bits per heavy atom. The molecular weight excluding hydrogens is 302 g/mol. The summed E-state index contributed by atoms with van der Waals surface area (Å²) in [4.78, 5) is 0. The molecule has 1 aromatic carbocycles. The van der Waals surface area contributed by atoms with E-state index in [1.165, 1.54) is 35.7 Å². The number of ether oxygens (including phenoxy) is 1. The average molecular weight is 326 g/mol. The van der Waals surface area contributed by atoms with E-state index in [2.05, 4.69) is 35.0 Å². The van der Waals surface area contributed by atoms with E-state index in [0.717, 1.165) is 24.6 Å². The molecule has 0 bridgehead atoms. The zero-order valence-electron chi connectivity index (χ0n) is 11.9. The van der Waals surface area contributed by atoms with Crippen molar-refractivity contribution in [3.8, 4) is 5.75 Å². The molecule has 0 amide bonds. The number of halogens is 1. The highest BCUT2D eigenvalue weighted by Crippen LogP contribution is 2.45. The number of methoxy groups -OCH3 is 1. The highest BCUT2D eigenvalue weighted by molar-refractivity contribution is 9.10. The number of rotatable bonds is 5. The number of hydrogen-bond acceptors (Lipinski definition) is 2. The lowest BCUT2D eigenvalue weighted by Gasteiger charge is -2.28. The van der Waals surface area contributed by atoms with Gasteiger partial charge >= 0.3 is 0 Å². The Labute approximate surface area is 124 Å². The van der Waals surface area contributed by atoms with Crippen molar-refractivity contribution >= 4 is 15.9 Å². The summed E-state index contributed by atoms with van der Waals surface area (Å²) in [6.45, 7) is 3.08. The third-order valence-corrected chi connectivity index (χ3v) is 5.41. The molecule has 2 atom stereocenters. The first kappa shape index (κ1) is 14.9. The second kappa shape index (κ2) is 6.27. The van der Waals surface area contributed by atoms with Gasteiger partial charge in [-0.2, -0.15) is 0 Å². The fourth-order valence-corrected chi connectivity index (χ4v) is 3.70. The van der Waals surface area contributed by atoms with Gasteiger partial charge in [-0.05, 0) is 67.3 Å². The Morgan fingerprint density at radius 1 is 1.47 bits per heavy atom. The monoisotopic (exact) mass is 325 g/mol. The zero-order valence-corrected chi connectivity index (χ0v) is 13.5. The summed E-state index contributed by atoms with van der Waals surface area (Å²) in [5, 5.41) is 0. The lowest BCUT2D eigenvalue weighted by Crippen LogP contribution is -2.30. The Morgan fingerprint density at radius 3 is 2.84 bits per heavy atom. The van der Waals surface area contributed by atoms with Crippen LogP contribution in [0.1, 0.15) is 38.2 Å². The SMILES string of the molecule is CCC1CCC(CN)(Cc2cc(OC)ccc2Br)C1. The maximum Gasteiger partial charge on any atom is 0.119 e. The summed E-state index contributed by atoms with van der Waals surface area (Å²) in [7, 11) is 1.72. The van der Waals surface area contributed by atoms with E-state index in [1.54, 1.807) is 7.11 Å². The van der Waals surface area contributed by atoms with Crippen LogP contribution in [0, 0.1) is 11.3 Å². The van der Waals surface area contributed by atoms with Gasteiger partial charge in [0.1, 0.15) is 5.75 Å². The van der Waals surface area contributed by atoms with E-state index in [4.69, 9.17) is 10.5 Å². The Bertz CT molecular complexity index is 435. The number of nitrogens with two attached hydrogens (primary N) is 1. The second-order valence-electron chi connectivity index (χ2n) is 5.86. The standard InChI is InChI=1S/C16H24BrNO/c1-3-12-6-7-16(9-12,11-18)10-13-8-14(19-2)4-5-15(13)17/h4-5,8,12H,3,6-7,9-11,18H2,1-2H3. The van der Waals surface area contributed by atoms with Crippen LogP contribution in [0.15, 0.2) is 22.7 Å². The van der Waals surface area contributed by atoms with Crippen molar-refractivity contribution in [2.75, 3.05) is 13.7 Å². The minimum atomic E-state index is 0.287. The van der Waals surface area contributed by atoms with Gasteiger partial charge in [-0.1, -0.05) is 29.3 Å². The van der Waals surface area contributed by atoms with Gasteiger partial charge in [0.2, 0.25) is 0 Å². The molecule has 1 fully saturated rings. The Balaban J connectivity index is 2.19. The lowest BCUT2D eigenvalue weighted by atomic mass is 9.79. The zero-order chi connectivity index (χ0) is 13.9. The number of benzene rings is 1. The molecule has 1 aliphatic carbocycles. The van der Waals surface area contributed by atoms with Crippen LogP contribution in [0.5, 0.6) is 5.75 Å². The maximum absolute atomic E-state index is 6.11. The third kappa shape index (κ3) is 3.32. The summed E-state index contributed by atoms with van der Waals surface area (Å²) >= 11 is 3.66. The molecule has 106 valence electrons. The summed E-state index contributed by atoms with van der Waals surface area (Å²) in [6.07, 6.45) is 6.18. The predicted molar refractivity (Wildman–Crippen MR) is 83.5 cm³/mol. The second-order valence-corrected chi connectivity index (χ2v) is 6.71. The van der Waals surface area contributed by atoms with Gasteiger partial charge in [-0.15, -0.1) is 0 Å². The highest BCUT2D eigenvalue weighted by Gasteiger charge is 2.37. The van der Waals surface area contributed by atoms with Crippen molar-refractivity contribution in [3.05, 3.63) is 28.2 Å². The van der Waals surface area contributed by atoms with Crippen LogP contribution in [-0.2, 0) is 6.42 Å². The van der Waals surface area contributed by atoms with Crippen molar-refractivity contribution in [1.29, 1.82) is 0 Å². The lowest BCUT2D eigenvalue weighted by molar-refractivity contribution is 0.290. The summed E-state index contributed by atoms with van der Waals surface area (Å²) in [6, 6.07) is 6.21. The van der Waals surface area contributed by atoms with Gasteiger partial charge in [0.15, 0.2) is 0 Å². The van der Waals surface area contributed by atoms with Crippen molar-refractivity contribution in [1.82, 2.24) is 0 Å². The molecule has 0 aromatic heterocycles. The van der Waals surface area contributed by atoms with Crippen LogP contribution in [0.4, 0.5) is 0 Å². The van der Waals surface area contributed by atoms with Crippen LogP contribution in [0.2, 0.25) is 0 Å². The van der Waals surface area contributed by atoms with Crippen LogP contribution in [0.25, 0.3) is 0 Å². The van der Waals surface area contributed by atoms with E-state index in [0.29, 0.717) is 0 Å². The molecule has 1 saturated carbocycles. The molecule has 0 spiro atoms. The molecule has 1 aromatic rings. The first-order valence-corrected chi connectivity index (χ1v) is 7.94. The van der Waals surface area contributed by atoms with Gasteiger partial charge < -0.3 is 10.5 Å². The van der Waals surface area contributed by atoms with Gasteiger partial charge in [-0.25, -0.2) is 0 Å². The molecule has 2 N–H and O–H groups in total. The minimum absolute atomic E-state index is 0.287. The molecule has 2 unspecified atom stereocenters. The van der Waals surface area contributed by atoms with Crippen LogP contribution in [-0.4, -0.2) is 13.7 Å². The average Bonchev–Trinajstić information content (AvgIpc) is 2.85. The molecular formula is C16H24BrNO. The Hall–Kier alpha value is -0.540. The summed E-state index contributed by atoms with van der Waals surface area (Å²) in [5.41, 5.74) is 7.72. The normalized spacial score (nSPS) is 26.6. The molecule has 0 heterocycles. The fraction of sp³-hybridized carbons (Fsp3) is 0.625. The van der Waals surface area contributed by atoms with E-state index in [1.807, 2.05) is 6.07 Å². The predicted octanol–water partition coefficient (Wildman–Crippen LogP) is 4.16. The van der Waals surface area contributed by atoms with Crippen LogP contribution in [0.3, 0.4) is 0 Å².